The Kier molecular flexibility index (Phi) is 5.28. The first-order chi connectivity index (χ1) is 15.1. The van der Waals surface area contributed by atoms with E-state index in [0.29, 0.717) is 22.7 Å². The number of aryl methyl sites for hydroxylation is 2. The predicted octanol–water partition coefficient (Wildman–Crippen LogP) is 3.54. The SMILES string of the molecule is CC(Nc1cnc2cnn(C)c2n1)c1cccc(NC(=O)c2cc(C(F)(F)F)nn2C)c1. The molecule has 1 amide bonds. The number of aromatic nitrogens is 6. The second-order valence-corrected chi connectivity index (χ2v) is 7.21. The number of fused-ring (bicyclic) bond motifs is 1. The molecule has 0 aliphatic heterocycles. The Morgan fingerprint density at radius 2 is 1.91 bits per heavy atom. The number of anilines is 2. The molecule has 166 valence electrons. The number of hydrogen-bond acceptors (Lipinski definition) is 6. The van der Waals surface area contributed by atoms with Crippen LogP contribution < -0.4 is 10.6 Å². The minimum atomic E-state index is -4.63. The van der Waals surface area contributed by atoms with Crippen LogP contribution in [0.1, 0.15) is 34.7 Å². The highest BCUT2D eigenvalue weighted by molar-refractivity contribution is 6.03. The minimum Gasteiger partial charge on any atom is -0.362 e. The van der Waals surface area contributed by atoms with E-state index in [2.05, 4.69) is 30.8 Å². The third-order valence-electron chi connectivity index (χ3n) is 4.85. The molecule has 3 heterocycles. The molecule has 0 fully saturated rings. The summed E-state index contributed by atoms with van der Waals surface area (Å²) in [6.07, 6.45) is -1.40. The summed E-state index contributed by atoms with van der Waals surface area (Å²) in [6, 6.07) is 7.50. The van der Waals surface area contributed by atoms with Crippen molar-refractivity contribution in [3.05, 3.63) is 59.7 Å². The number of rotatable bonds is 5. The van der Waals surface area contributed by atoms with Crippen LogP contribution >= 0.6 is 0 Å². The summed E-state index contributed by atoms with van der Waals surface area (Å²) in [5, 5.41) is 13.3. The van der Waals surface area contributed by atoms with Gasteiger partial charge in [-0.3, -0.25) is 9.48 Å². The highest BCUT2D eigenvalue weighted by Crippen LogP contribution is 2.28. The fraction of sp³-hybridized carbons (Fsp3) is 0.250. The summed E-state index contributed by atoms with van der Waals surface area (Å²) in [5.41, 5.74) is 1.26. The van der Waals surface area contributed by atoms with Gasteiger partial charge in [0, 0.05) is 25.8 Å². The van der Waals surface area contributed by atoms with Gasteiger partial charge in [-0.2, -0.15) is 23.4 Å². The van der Waals surface area contributed by atoms with E-state index < -0.39 is 17.8 Å². The molecule has 0 aliphatic carbocycles. The van der Waals surface area contributed by atoms with Gasteiger partial charge in [0.25, 0.3) is 5.91 Å². The van der Waals surface area contributed by atoms with Crippen molar-refractivity contribution < 1.29 is 18.0 Å². The van der Waals surface area contributed by atoms with Crippen LogP contribution in [0.3, 0.4) is 0 Å². The van der Waals surface area contributed by atoms with Gasteiger partial charge in [0.05, 0.1) is 18.4 Å². The van der Waals surface area contributed by atoms with Gasteiger partial charge in [0.1, 0.15) is 17.0 Å². The van der Waals surface area contributed by atoms with E-state index in [1.54, 1.807) is 42.3 Å². The van der Waals surface area contributed by atoms with Crippen molar-refractivity contribution >= 4 is 28.6 Å². The van der Waals surface area contributed by atoms with Gasteiger partial charge in [0.2, 0.25) is 0 Å². The quantitative estimate of drug-likeness (QED) is 0.488. The molecular weight excluding hydrogens is 425 g/mol. The van der Waals surface area contributed by atoms with Crippen LogP contribution in [0.15, 0.2) is 42.7 Å². The maximum atomic E-state index is 12.9. The standard InChI is InChI=1S/C20H19F3N8O/c1-11(26-17-10-24-14-9-25-31(3)18(14)28-17)12-5-4-6-13(7-12)27-19(32)15-8-16(20(21,22)23)29-30(15)2/h4-11H,1-3H3,(H,26,28)(H,27,32). The summed E-state index contributed by atoms with van der Waals surface area (Å²) in [6.45, 7) is 1.91. The Bertz CT molecular complexity index is 1290. The highest BCUT2D eigenvalue weighted by Gasteiger charge is 2.35. The molecule has 9 nitrogen and oxygen atoms in total. The maximum absolute atomic E-state index is 12.9. The zero-order valence-corrected chi connectivity index (χ0v) is 17.3. The van der Waals surface area contributed by atoms with Crippen LogP contribution in [0.25, 0.3) is 11.2 Å². The molecule has 3 aromatic heterocycles. The molecule has 1 aromatic carbocycles. The molecule has 0 saturated heterocycles. The van der Waals surface area contributed by atoms with E-state index in [1.807, 2.05) is 13.0 Å². The second kappa shape index (κ2) is 7.94. The lowest BCUT2D eigenvalue weighted by molar-refractivity contribution is -0.141. The van der Waals surface area contributed by atoms with Gasteiger partial charge >= 0.3 is 6.18 Å². The van der Waals surface area contributed by atoms with Crippen molar-refractivity contribution in [2.45, 2.75) is 19.1 Å². The second-order valence-electron chi connectivity index (χ2n) is 7.21. The zero-order valence-electron chi connectivity index (χ0n) is 17.3. The number of nitrogens with one attached hydrogen (secondary N) is 2. The van der Waals surface area contributed by atoms with Crippen molar-refractivity contribution in [2.24, 2.45) is 14.1 Å². The van der Waals surface area contributed by atoms with Crippen molar-refractivity contribution in [3.63, 3.8) is 0 Å². The highest BCUT2D eigenvalue weighted by atomic mass is 19.4. The predicted molar refractivity (Wildman–Crippen MR) is 111 cm³/mol. The molecule has 12 heteroatoms. The lowest BCUT2D eigenvalue weighted by Crippen LogP contribution is -2.16. The molecule has 0 bridgehead atoms. The first kappa shape index (κ1) is 21.3. The Labute approximate surface area is 180 Å². The molecule has 4 aromatic rings. The fourth-order valence-electron chi connectivity index (χ4n) is 3.19. The number of carbonyl (C=O) groups excluding carboxylic acids is 1. The van der Waals surface area contributed by atoms with Crippen LogP contribution in [-0.4, -0.2) is 35.4 Å². The van der Waals surface area contributed by atoms with E-state index in [4.69, 9.17) is 0 Å². The van der Waals surface area contributed by atoms with Crippen molar-refractivity contribution in [1.82, 2.24) is 29.5 Å². The number of carbonyl (C=O) groups is 1. The molecule has 0 saturated carbocycles. The molecular formula is C20H19F3N8O. The van der Waals surface area contributed by atoms with E-state index in [1.165, 1.54) is 7.05 Å². The monoisotopic (exact) mass is 444 g/mol. The Hall–Kier alpha value is -3.96. The first-order valence-electron chi connectivity index (χ1n) is 9.55. The van der Waals surface area contributed by atoms with Crippen molar-refractivity contribution in [3.8, 4) is 0 Å². The summed E-state index contributed by atoms with van der Waals surface area (Å²) in [7, 11) is 3.06. The Morgan fingerprint density at radius 1 is 1.12 bits per heavy atom. The number of halogens is 3. The number of benzene rings is 1. The number of amides is 1. The normalized spacial score (nSPS) is 12.7. The first-order valence-corrected chi connectivity index (χ1v) is 9.55. The van der Waals surface area contributed by atoms with Crippen molar-refractivity contribution in [2.75, 3.05) is 10.6 Å². The van der Waals surface area contributed by atoms with Gasteiger partial charge in [0.15, 0.2) is 11.3 Å². The van der Waals surface area contributed by atoms with Crippen LogP contribution in [0.5, 0.6) is 0 Å². The lowest BCUT2D eigenvalue weighted by atomic mass is 10.1. The summed E-state index contributed by atoms with van der Waals surface area (Å²) < 4.78 is 41.1. The Morgan fingerprint density at radius 3 is 2.62 bits per heavy atom. The van der Waals surface area contributed by atoms with Crippen molar-refractivity contribution in [1.29, 1.82) is 0 Å². The van der Waals surface area contributed by atoms with Gasteiger partial charge in [-0.25, -0.2) is 14.6 Å². The summed E-state index contributed by atoms with van der Waals surface area (Å²) in [5.74, 6) is -0.140. The average Bonchev–Trinajstić information content (AvgIpc) is 3.31. The third-order valence-corrected chi connectivity index (χ3v) is 4.85. The van der Waals surface area contributed by atoms with E-state index >= 15 is 0 Å². The number of alkyl halides is 3. The topological polar surface area (TPSA) is 103 Å². The number of nitrogens with zero attached hydrogens (tertiary/aromatic N) is 6. The largest absolute Gasteiger partial charge is 0.435 e. The molecule has 4 rings (SSSR count). The summed E-state index contributed by atoms with van der Waals surface area (Å²) in [4.78, 5) is 21.3. The van der Waals surface area contributed by atoms with Crippen LogP contribution in [0.2, 0.25) is 0 Å². The average molecular weight is 444 g/mol. The van der Waals surface area contributed by atoms with Gasteiger partial charge in [-0.05, 0) is 24.6 Å². The maximum Gasteiger partial charge on any atom is 0.435 e. The molecule has 32 heavy (non-hydrogen) atoms. The molecule has 0 spiro atoms. The zero-order chi connectivity index (χ0) is 23.0. The smallest absolute Gasteiger partial charge is 0.362 e. The van der Waals surface area contributed by atoms with Gasteiger partial charge < -0.3 is 10.6 Å². The molecule has 1 atom stereocenters. The minimum absolute atomic E-state index is 0.194. The summed E-state index contributed by atoms with van der Waals surface area (Å²) >= 11 is 0. The molecule has 2 N–H and O–H groups in total. The van der Waals surface area contributed by atoms with Gasteiger partial charge in [-0.1, -0.05) is 12.1 Å². The third kappa shape index (κ3) is 4.24. The van der Waals surface area contributed by atoms with E-state index in [9.17, 15) is 18.0 Å². The van der Waals surface area contributed by atoms with E-state index in [0.717, 1.165) is 16.3 Å². The fourth-order valence-corrected chi connectivity index (χ4v) is 3.19. The van der Waals surface area contributed by atoms with E-state index in [-0.39, 0.29) is 11.7 Å². The Balaban J connectivity index is 1.49. The van der Waals surface area contributed by atoms with Gasteiger partial charge in [-0.15, -0.1) is 0 Å². The molecule has 1 unspecified atom stereocenters. The molecule has 0 aliphatic rings. The molecule has 0 radical (unpaired) electrons. The van der Waals surface area contributed by atoms with Crippen LogP contribution in [0, 0.1) is 0 Å². The van der Waals surface area contributed by atoms with Crippen LogP contribution in [-0.2, 0) is 20.3 Å². The van der Waals surface area contributed by atoms with Crippen LogP contribution in [0.4, 0.5) is 24.7 Å². The number of hydrogen-bond donors (Lipinski definition) is 2. The lowest BCUT2D eigenvalue weighted by Gasteiger charge is -2.16.